The van der Waals surface area contributed by atoms with E-state index < -0.39 is 0 Å². The van der Waals surface area contributed by atoms with Gasteiger partial charge in [0.1, 0.15) is 5.75 Å². The number of carbonyl (C=O) groups is 1. The van der Waals surface area contributed by atoms with E-state index in [1.54, 1.807) is 32.4 Å². The summed E-state index contributed by atoms with van der Waals surface area (Å²) in [6.07, 6.45) is 1.25. The number of carbonyl (C=O) groups excluding carboxylic acids is 1. The summed E-state index contributed by atoms with van der Waals surface area (Å²) < 4.78 is 10.1. The normalized spacial score (nSPS) is 10.7. The number of likely N-dealkylation sites (N-methyl/N-ethyl adjacent to an activating group) is 1. The first-order valence-electron chi connectivity index (χ1n) is 6.97. The maximum absolute atomic E-state index is 11.9. The molecule has 118 valence electrons. The number of hydrogen-bond donors (Lipinski definition) is 2. The average Bonchev–Trinajstić information content (AvgIpc) is 2.47. The summed E-state index contributed by atoms with van der Waals surface area (Å²) in [6, 6.07) is 5.20. The number of amides is 1. The summed E-state index contributed by atoms with van der Waals surface area (Å²) in [6.45, 7) is 2.42. The van der Waals surface area contributed by atoms with Crippen LogP contribution in [0.2, 0.25) is 0 Å². The zero-order valence-corrected chi connectivity index (χ0v) is 13.0. The van der Waals surface area contributed by atoms with Gasteiger partial charge in [-0.2, -0.15) is 0 Å². The van der Waals surface area contributed by atoms with Crippen molar-refractivity contribution < 1.29 is 14.3 Å². The number of nitrogens with zero attached hydrogens (tertiary/aromatic N) is 1. The molecule has 0 aliphatic heterocycles. The topological polar surface area (TPSA) is 76.8 Å². The van der Waals surface area contributed by atoms with E-state index in [0.29, 0.717) is 30.2 Å². The van der Waals surface area contributed by atoms with Gasteiger partial charge in [0.25, 0.3) is 0 Å². The van der Waals surface area contributed by atoms with Gasteiger partial charge in [0.2, 0.25) is 5.91 Å². The molecule has 1 aromatic rings. The molecule has 0 bridgehead atoms. The zero-order chi connectivity index (χ0) is 15.7. The summed E-state index contributed by atoms with van der Waals surface area (Å²) >= 11 is 0. The Labute approximate surface area is 126 Å². The monoisotopic (exact) mass is 295 g/mol. The molecule has 0 saturated carbocycles. The highest BCUT2D eigenvalue weighted by Crippen LogP contribution is 2.24. The lowest BCUT2D eigenvalue weighted by Crippen LogP contribution is -2.25. The van der Waals surface area contributed by atoms with Gasteiger partial charge in [0.05, 0.1) is 25.1 Å². The Hall–Kier alpha value is -1.79. The molecule has 0 heterocycles. The second kappa shape index (κ2) is 9.20. The Morgan fingerprint density at radius 2 is 2.10 bits per heavy atom. The molecule has 0 spiro atoms. The highest BCUT2D eigenvalue weighted by molar-refractivity contribution is 5.93. The van der Waals surface area contributed by atoms with Crippen LogP contribution in [0.3, 0.4) is 0 Å². The number of anilines is 2. The largest absolute Gasteiger partial charge is 0.497 e. The molecule has 0 radical (unpaired) electrons. The maximum atomic E-state index is 11.9. The average molecular weight is 295 g/mol. The van der Waals surface area contributed by atoms with E-state index in [0.717, 1.165) is 19.5 Å². The molecule has 1 rings (SSSR count). The van der Waals surface area contributed by atoms with Gasteiger partial charge in [-0.05, 0) is 32.1 Å². The number of methoxy groups -OCH3 is 2. The quantitative estimate of drug-likeness (QED) is 0.676. The van der Waals surface area contributed by atoms with E-state index in [1.807, 2.05) is 7.05 Å². The molecule has 21 heavy (non-hydrogen) atoms. The minimum Gasteiger partial charge on any atom is -0.497 e. The van der Waals surface area contributed by atoms with Gasteiger partial charge in [0.15, 0.2) is 0 Å². The first kappa shape index (κ1) is 17.3. The van der Waals surface area contributed by atoms with Gasteiger partial charge in [-0.1, -0.05) is 0 Å². The molecule has 6 heteroatoms. The van der Waals surface area contributed by atoms with Gasteiger partial charge < -0.3 is 25.4 Å². The minimum atomic E-state index is -0.0352. The standard InChI is InChI=1S/C15H25N3O3/c1-18(9-10-20-2)8-4-5-15(19)17-14-7-6-12(21-3)11-13(14)16/h6-7,11H,4-5,8-10,16H2,1-3H3,(H,17,19). The molecule has 0 aliphatic rings. The van der Waals surface area contributed by atoms with Crippen LogP contribution in [0.1, 0.15) is 12.8 Å². The van der Waals surface area contributed by atoms with Crippen LogP contribution in [-0.4, -0.2) is 51.8 Å². The summed E-state index contributed by atoms with van der Waals surface area (Å²) in [5.74, 6) is 0.636. The number of ether oxygens (including phenoxy) is 2. The first-order valence-corrected chi connectivity index (χ1v) is 6.97. The molecule has 1 amide bonds. The predicted octanol–water partition coefficient (Wildman–Crippen LogP) is 1.57. The fraction of sp³-hybridized carbons (Fsp3) is 0.533. The SMILES string of the molecule is COCCN(C)CCCC(=O)Nc1ccc(OC)cc1N. The second-order valence-electron chi connectivity index (χ2n) is 4.90. The van der Waals surface area contributed by atoms with Crippen molar-refractivity contribution >= 4 is 17.3 Å². The van der Waals surface area contributed by atoms with Crippen molar-refractivity contribution in [2.75, 3.05) is 52.0 Å². The second-order valence-corrected chi connectivity index (χ2v) is 4.90. The van der Waals surface area contributed by atoms with Crippen LogP contribution >= 0.6 is 0 Å². The molecule has 1 aromatic carbocycles. The fourth-order valence-corrected chi connectivity index (χ4v) is 1.86. The Kier molecular flexibility index (Phi) is 7.56. The molecule has 0 saturated heterocycles. The summed E-state index contributed by atoms with van der Waals surface area (Å²) in [4.78, 5) is 14.0. The Balaban J connectivity index is 2.33. The lowest BCUT2D eigenvalue weighted by molar-refractivity contribution is -0.116. The number of nitrogens with one attached hydrogen (secondary N) is 1. The number of benzene rings is 1. The van der Waals surface area contributed by atoms with Gasteiger partial charge >= 0.3 is 0 Å². The van der Waals surface area contributed by atoms with Crippen LogP contribution in [0.15, 0.2) is 18.2 Å². The van der Waals surface area contributed by atoms with E-state index in [-0.39, 0.29) is 5.91 Å². The third-order valence-electron chi connectivity index (χ3n) is 3.15. The maximum Gasteiger partial charge on any atom is 0.224 e. The van der Waals surface area contributed by atoms with E-state index in [4.69, 9.17) is 15.2 Å². The van der Waals surface area contributed by atoms with Crippen LogP contribution in [0.5, 0.6) is 5.75 Å². The van der Waals surface area contributed by atoms with Gasteiger partial charge in [-0.25, -0.2) is 0 Å². The minimum absolute atomic E-state index is 0.0352. The smallest absolute Gasteiger partial charge is 0.224 e. The van der Waals surface area contributed by atoms with Crippen molar-refractivity contribution in [3.63, 3.8) is 0 Å². The van der Waals surface area contributed by atoms with Crippen LogP contribution in [0, 0.1) is 0 Å². The Morgan fingerprint density at radius 3 is 2.71 bits per heavy atom. The van der Waals surface area contributed by atoms with Gasteiger partial charge in [-0.15, -0.1) is 0 Å². The van der Waals surface area contributed by atoms with E-state index in [1.165, 1.54) is 0 Å². The highest BCUT2D eigenvalue weighted by Gasteiger charge is 2.07. The number of nitrogens with two attached hydrogens (primary N) is 1. The van der Waals surface area contributed by atoms with Crippen molar-refractivity contribution in [2.45, 2.75) is 12.8 Å². The molecule has 0 aromatic heterocycles. The van der Waals surface area contributed by atoms with Gasteiger partial charge in [-0.3, -0.25) is 4.79 Å². The van der Waals surface area contributed by atoms with Crippen LogP contribution in [0.4, 0.5) is 11.4 Å². The molecule has 0 unspecified atom stereocenters. The summed E-state index contributed by atoms with van der Waals surface area (Å²) in [7, 11) is 5.27. The summed E-state index contributed by atoms with van der Waals surface area (Å²) in [5.41, 5.74) is 6.98. The molecule has 3 N–H and O–H groups in total. The highest BCUT2D eigenvalue weighted by atomic mass is 16.5. The fourth-order valence-electron chi connectivity index (χ4n) is 1.86. The number of rotatable bonds is 9. The van der Waals surface area contributed by atoms with E-state index >= 15 is 0 Å². The molecule has 0 atom stereocenters. The van der Waals surface area contributed by atoms with Gasteiger partial charge in [0, 0.05) is 26.1 Å². The third-order valence-corrected chi connectivity index (χ3v) is 3.15. The van der Waals surface area contributed by atoms with Crippen molar-refractivity contribution in [2.24, 2.45) is 0 Å². The lowest BCUT2D eigenvalue weighted by Gasteiger charge is -2.15. The van der Waals surface area contributed by atoms with Crippen LogP contribution < -0.4 is 15.8 Å². The number of hydrogen-bond acceptors (Lipinski definition) is 5. The van der Waals surface area contributed by atoms with Crippen molar-refractivity contribution in [1.29, 1.82) is 0 Å². The van der Waals surface area contributed by atoms with Crippen molar-refractivity contribution in [3.8, 4) is 5.75 Å². The summed E-state index contributed by atoms with van der Waals surface area (Å²) in [5, 5.41) is 2.82. The van der Waals surface area contributed by atoms with E-state index in [9.17, 15) is 4.79 Å². The molecule has 0 aliphatic carbocycles. The molecular formula is C15H25N3O3. The molecule has 0 fully saturated rings. The molecule has 6 nitrogen and oxygen atoms in total. The van der Waals surface area contributed by atoms with E-state index in [2.05, 4.69) is 10.2 Å². The van der Waals surface area contributed by atoms with Crippen LogP contribution in [-0.2, 0) is 9.53 Å². The zero-order valence-electron chi connectivity index (χ0n) is 13.0. The Bertz CT molecular complexity index is 452. The molecular weight excluding hydrogens is 270 g/mol. The lowest BCUT2D eigenvalue weighted by atomic mass is 10.2. The first-order chi connectivity index (χ1) is 10.1. The number of nitrogen functional groups attached to an aromatic ring is 1. The third kappa shape index (κ3) is 6.46. The Morgan fingerprint density at radius 1 is 1.33 bits per heavy atom. The van der Waals surface area contributed by atoms with Crippen LogP contribution in [0.25, 0.3) is 0 Å². The predicted molar refractivity (Wildman–Crippen MR) is 84.6 cm³/mol. The van der Waals surface area contributed by atoms with Crippen molar-refractivity contribution in [3.05, 3.63) is 18.2 Å². The van der Waals surface area contributed by atoms with Crippen molar-refractivity contribution in [1.82, 2.24) is 4.90 Å².